The van der Waals surface area contributed by atoms with E-state index in [1.807, 2.05) is 6.92 Å². The molecule has 0 N–H and O–H groups in total. The highest BCUT2D eigenvalue weighted by atomic mass is 16.6. The average molecular weight is 328 g/mol. The topological polar surface area (TPSA) is 122 Å². The number of hydrogen-bond acceptors (Lipinski definition) is 7. The Balaban J connectivity index is 2.19. The molecule has 0 spiro atoms. The van der Waals surface area contributed by atoms with Crippen molar-refractivity contribution in [2.45, 2.75) is 32.7 Å². The molecular formula is C14H20N2O7. The predicted molar refractivity (Wildman–Crippen MR) is 77.6 cm³/mol. The van der Waals surface area contributed by atoms with Gasteiger partial charge in [0.1, 0.15) is 13.0 Å². The van der Waals surface area contributed by atoms with Crippen LogP contribution in [-0.2, 0) is 14.3 Å². The van der Waals surface area contributed by atoms with Gasteiger partial charge in [-0.05, 0) is 0 Å². The second kappa shape index (κ2) is 5.88. The van der Waals surface area contributed by atoms with E-state index in [1.54, 1.807) is 6.92 Å². The van der Waals surface area contributed by atoms with Gasteiger partial charge in [-0.3, -0.25) is 25.0 Å². The summed E-state index contributed by atoms with van der Waals surface area (Å²) in [5.41, 5.74) is -2.15. The number of ether oxygens (including phenoxy) is 2. The maximum Gasteiger partial charge on any atom is 0.313 e. The first kappa shape index (κ1) is 17.3. The Morgan fingerprint density at radius 1 is 1.39 bits per heavy atom. The zero-order chi connectivity index (χ0) is 17.4. The van der Waals surface area contributed by atoms with E-state index in [4.69, 9.17) is 9.47 Å². The Morgan fingerprint density at radius 2 is 2.00 bits per heavy atom. The highest BCUT2D eigenvalue weighted by Gasteiger charge is 2.55. The zero-order valence-corrected chi connectivity index (χ0v) is 13.3. The number of carbonyl (C=O) groups is 1. The minimum atomic E-state index is -1.58. The fraction of sp³-hybridized carbons (Fsp3) is 0.786. The lowest BCUT2D eigenvalue weighted by Gasteiger charge is -2.38. The molecule has 128 valence electrons. The Labute approximate surface area is 132 Å². The van der Waals surface area contributed by atoms with E-state index in [0.29, 0.717) is 13.2 Å². The average Bonchev–Trinajstić information content (AvgIpc) is 2.45. The summed E-state index contributed by atoms with van der Waals surface area (Å²) in [4.78, 5) is 33.5. The van der Waals surface area contributed by atoms with Crippen molar-refractivity contribution in [2.75, 3.05) is 19.8 Å². The SMILES string of the molecule is CC1C(C(=O)OCC2(C)COC2)C=C([N+](=O)[O-])CC1(C)[N+](=O)[O-]. The van der Waals surface area contributed by atoms with Crippen molar-refractivity contribution < 1.29 is 24.1 Å². The van der Waals surface area contributed by atoms with Crippen LogP contribution in [0.3, 0.4) is 0 Å². The molecule has 3 unspecified atom stereocenters. The molecule has 1 aliphatic carbocycles. The predicted octanol–water partition coefficient (Wildman–Crippen LogP) is 1.42. The summed E-state index contributed by atoms with van der Waals surface area (Å²) in [5, 5.41) is 22.4. The highest BCUT2D eigenvalue weighted by molar-refractivity contribution is 5.75. The molecule has 0 saturated carbocycles. The number of carbonyl (C=O) groups excluding carboxylic acids is 1. The number of nitrogens with zero attached hydrogens (tertiary/aromatic N) is 2. The fourth-order valence-electron chi connectivity index (χ4n) is 2.83. The summed E-state index contributed by atoms with van der Waals surface area (Å²) >= 11 is 0. The van der Waals surface area contributed by atoms with Crippen molar-refractivity contribution in [2.24, 2.45) is 17.3 Å². The van der Waals surface area contributed by atoms with Crippen LogP contribution in [0.15, 0.2) is 11.8 Å². The molecule has 0 radical (unpaired) electrons. The van der Waals surface area contributed by atoms with Gasteiger partial charge >= 0.3 is 5.97 Å². The van der Waals surface area contributed by atoms with Crippen molar-refractivity contribution in [3.05, 3.63) is 32.0 Å². The summed E-state index contributed by atoms with van der Waals surface area (Å²) < 4.78 is 10.3. The number of esters is 1. The monoisotopic (exact) mass is 328 g/mol. The van der Waals surface area contributed by atoms with E-state index in [9.17, 15) is 25.0 Å². The summed E-state index contributed by atoms with van der Waals surface area (Å²) in [7, 11) is 0. The van der Waals surface area contributed by atoms with Crippen LogP contribution in [0.1, 0.15) is 27.2 Å². The maximum atomic E-state index is 12.3. The zero-order valence-electron chi connectivity index (χ0n) is 13.3. The molecule has 9 nitrogen and oxygen atoms in total. The first-order valence-corrected chi connectivity index (χ1v) is 7.33. The van der Waals surface area contributed by atoms with E-state index in [-0.39, 0.29) is 24.1 Å². The summed E-state index contributed by atoms with van der Waals surface area (Å²) in [5.74, 6) is -2.39. The second-order valence-electron chi connectivity index (χ2n) is 6.93. The molecule has 1 fully saturated rings. The quantitative estimate of drug-likeness (QED) is 0.425. The Hall–Kier alpha value is -2.03. The molecule has 1 heterocycles. The van der Waals surface area contributed by atoms with Crippen molar-refractivity contribution in [1.29, 1.82) is 0 Å². The van der Waals surface area contributed by atoms with Crippen molar-refractivity contribution in [1.82, 2.24) is 0 Å². The molecule has 2 aliphatic rings. The molecule has 23 heavy (non-hydrogen) atoms. The lowest BCUT2D eigenvalue weighted by Crippen LogP contribution is -2.50. The van der Waals surface area contributed by atoms with Gasteiger partial charge in [-0.15, -0.1) is 0 Å². The van der Waals surface area contributed by atoms with E-state index in [2.05, 4.69) is 0 Å². The summed E-state index contributed by atoms with van der Waals surface area (Å²) in [6.45, 7) is 5.86. The molecule has 9 heteroatoms. The van der Waals surface area contributed by atoms with E-state index >= 15 is 0 Å². The van der Waals surface area contributed by atoms with E-state index < -0.39 is 33.2 Å². The Kier molecular flexibility index (Phi) is 4.43. The van der Waals surface area contributed by atoms with Crippen LogP contribution >= 0.6 is 0 Å². The minimum absolute atomic E-state index is 0.131. The Morgan fingerprint density at radius 3 is 2.43 bits per heavy atom. The van der Waals surface area contributed by atoms with Gasteiger partial charge in [0.15, 0.2) is 0 Å². The highest BCUT2D eigenvalue weighted by Crippen LogP contribution is 2.40. The molecule has 0 aromatic rings. The van der Waals surface area contributed by atoms with E-state index in [0.717, 1.165) is 0 Å². The summed E-state index contributed by atoms with van der Waals surface area (Å²) in [6.07, 6.45) is 0.876. The second-order valence-corrected chi connectivity index (χ2v) is 6.93. The smallest absolute Gasteiger partial charge is 0.313 e. The van der Waals surface area contributed by atoms with Crippen LogP contribution in [0.4, 0.5) is 0 Å². The van der Waals surface area contributed by atoms with Gasteiger partial charge in [0.05, 0.1) is 24.1 Å². The van der Waals surface area contributed by atoms with Crippen LogP contribution < -0.4 is 0 Å². The molecule has 0 bridgehead atoms. The van der Waals surface area contributed by atoms with Crippen LogP contribution in [0.2, 0.25) is 0 Å². The molecule has 3 atom stereocenters. The fourth-order valence-corrected chi connectivity index (χ4v) is 2.83. The third-order valence-electron chi connectivity index (χ3n) is 4.82. The van der Waals surface area contributed by atoms with Gasteiger partial charge in [-0.25, -0.2) is 0 Å². The van der Waals surface area contributed by atoms with Crippen LogP contribution in [0, 0.1) is 37.5 Å². The third-order valence-corrected chi connectivity index (χ3v) is 4.82. The molecule has 1 saturated heterocycles. The van der Waals surface area contributed by atoms with Crippen molar-refractivity contribution in [3.63, 3.8) is 0 Å². The van der Waals surface area contributed by atoms with Crippen molar-refractivity contribution in [3.8, 4) is 0 Å². The number of nitro groups is 2. The summed E-state index contributed by atoms with van der Waals surface area (Å²) in [6, 6.07) is 0. The standard InChI is InChI=1S/C14H20N2O7/c1-9-11(12(17)23-8-13(2)6-22-7-13)4-10(15(18)19)5-14(9,3)16(20)21/h4,9,11H,5-8H2,1-3H3. The lowest BCUT2D eigenvalue weighted by molar-refractivity contribution is -0.584. The van der Waals surface area contributed by atoms with E-state index in [1.165, 1.54) is 13.0 Å². The maximum absolute atomic E-state index is 12.3. The molecule has 0 amide bonds. The van der Waals surface area contributed by atoms with Gasteiger partial charge in [0, 0.05) is 29.3 Å². The van der Waals surface area contributed by atoms with Crippen molar-refractivity contribution >= 4 is 5.97 Å². The van der Waals surface area contributed by atoms with Crippen LogP contribution in [-0.4, -0.2) is 41.2 Å². The number of rotatable bonds is 5. The molecule has 2 rings (SSSR count). The largest absolute Gasteiger partial charge is 0.464 e. The van der Waals surface area contributed by atoms with Gasteiger partial charge in [-0.1, -0.05) is 13.8 Å². The molecule has 1 aliphatic heterocycles. The Bertz CT molecular complexity index is 569. The van der Waals surface area contributed by atoms with Gasteiger partial charge in [0.25, 0.3) is 0 Å². The lowest BCUT2D eigenvalue weighted by atomic mass is 9.71. The molecular weight excluding hydrogens is 308 g/mol. The third kappa shape index (κ3) is 3.19. The molecule has 0 aromatic heterocycles. The van der Waals surface area contributed by atoms with Crippen LogP contribution in [0.5, 0.6) is 0 Å². The normalized spacial score (nSPS) is 32.4. The van der Waals surface area contributed by atoms with Gasteiger partial charge in [-0.2, -0.15) is 0 Å². The minimum Gasteiger partial charge on any atom is -0.464 e. The first-order valence-electron chi connectivity index (χ1n) is 7.33. The number of hydrogen-bond donors (Lipinski definition) is 0. The first-order chi connectivity index (χ1) is 10.6. The van der Waals surface area contributed by atoms with Gasteiger partial charge < -0.3 is 9.47 Å². The van der Waals surface area contributed by atoms with Gasteiger partial charge in [0.2, 0.25) is 11.2 Å². The van der Waals surface area contributed by atoms with Crippen LogP contribution in [0.25, 0.3) is 0 Å². The molecule has 0 aromatic carbocycles.